The maximum atomic E-state index is 12.6. The average molecular weight is 470 g/mol. The monoisotopic (exact) mass is 469 g/mol. The van der Waals surface area contributed by atoms with Crippen molar-refractivity contribution in [3.63, 3.8) is 0 Å². The van der Waals surface area contributed by atoms with Gasteiger partial charge < -0.3 is 5.11 Å². The van der Waals surface area contributed by atoms with Crippen LogP contribution in [-0.2, 0) is 23.1 Å². The van der Waals surface area contributed by atoms with E-state index < -0.39 is 11.4 Å². The van der Waals surface area contributed by atoms with E-state index in [1.807, 2.05) is 36.4 Å². The molecule has 35 heavy (non-hydrogen) atoms. The number of nitriles is 1. The van der Waals surface area contributed by atoms with Gasteiger partial charge >= 0.3 is 5.97 Å². The predicted octanol–water partition coefficient (Wildman–Crippen LogP) is 8.31. The van der Waals surface area contributed by atoms with E-state index in [4.69, 9.17) is 0 Å². The Hall–Kier alpha value is -3.12. The Morgan fingerprint density at radius 1 is 0.886 bits per heavy atom. The number of benzene rings is 2. The van der Waals surface area contributed by atoms with E-state index in [0.717, 1.165) is 48.8 Å². The summed E-state index contributed by atoms with van der Waals surface area (Å²) in [6.07, 6.45) is 19.3. The van der Waals surface area contributed by atoms with Gasteiger partial charge in [0.2, 0.25) is 0 Å². The second kappa shape index (κ2) is 13.1. The first kappa shape index (κ1) is 26.5. The highest BCUT2D eigenvalue weighted by Crippen LogP contribution is 2.41. The molecule has 2 aromatic carbocycles. The standard InChI is InChI=1S/C32H39NO2/c1-3-5-7-8-11-15-26-17-19-30(32(31(34)35)20-12-9-13-21-32)29(23-26)28-18-16-25(14-10-6-4-2)22-27(28)24-33/h9,12-13,16-20,22-23H,3-8,10-11,14-15,21H2,1-2H3,(H,34,35). The largest absolute Gasteiger partial charge is 0.480 e. The molecular formula is C32H39NO2. The van der Waals surface area contributed by atoms with E-state index in [9.17, 15) is 15.2 Å². The molecule has 2 aromatic rings. The molecule has 0 heterocycles. The zero-order valence-corrected chi connectivity index (χ0v) is 21.4. The van der Waals surface area contributed by atoms with Crippen LogP contribution in [0.3, 0.4) is 0 Å². The molecule has 0 saturated heterocycles. The second-order valence-corrected chi connectivity index (χ2v) is 9.76. The lowest BCUT2D eigenvalue weighted by molar-refractivity contribution is -0.141. The third kappa shape index (κ3) is 6.51. The molecule has 0 aliphatic heterocycles. The summed E-state index contributed by atoms with van der Waals surface area (Å²) < 4.78 is 0. The fourth-order valence-corrected chi connectivity index (χ4v) is 5.04. The summed E-state index contributed by atoms with van der Waals surface area (Å²) in [6, 6.07) is 14.7. The molecular weight excluding hydrogens is 430 g/mol. The van der Waals surface area contributed by atoms with Crippen LogP contribution in [0.25, 0.3) is 11.1 Å². The van der Waals surface area contributed by atoms with Gasteiger partial charge in [-0.05, 0) is 66.0 Å². The van der Waals surface area contributed by atoms with Crippen molar-refractivity contribution in [2.75, 3.05) is 0 Å². The zero-order valence-electron chi connectivity index (χ0n) is 21.4. The Kier molecular flexibility index (Phi) is 9.91. The highest BCUT2D eigenvalue weighted by Gasteiger charge is 2.39. The quantitative estimate of drug-likeness (QED) is 0.300. The average Bonchev–Trinajstić information content (AvgIpc) is 2.89. The second-order valence-electron chi connectivity index (χ2n) is 9.76. The summed E-state index contributed by atoms with van der Waals surface area (Å²) in [5.41, 5.74) is 4.32. The molecule has 3 rings (SSSR count). The van der Waals surface area contributed by atoms with Crippen molar-refractivity contribution in [3.05, 3.63) is 83.0 Å². The summed E-state index contributed by atoms with van der Waals surface area (Å²) >= 11 is 0. The normalized spacial score (nSPS) is 16.8. The lowest BCUT2D eigenvalue weighted by atomic mass is 9.72. The van der Waals surface area contributed by atoms with Crippen LogP contribution in [0.1, 0.15) is 93.9 Å². The minimum absolute atomic E-state index is 0.402. The minimum atomic E-state index is -1.13. The van der Waals surface area contributed by atoms with Gasteiger partial charge in [-0.3, -0.25) is 4.79 Å². The maximum Gasteiger partial charge on any atom is 0.318 e. The van der Waals surface area contributed by atoms with Crippen molar-refractivity contribution in [2.45, 2.75) is 89.9 Å². The molecule has 0 bridgehead atoms. The molecule has 0 amide bonds. The molecule has 0 fully saturated rings. The minimum Gasteiger partial charge on any atom is -0.480 e. The summed E-state index contributed by atoms with van der Waals surface area (Å²) in [7, 11) is 0. The highest BCUT2D eigenvalue weighted by molar-refractivity contribution is 5.89. The maximum absolute atomic E-state index is 12.6. The molecule has 0 saturated carbocycles. The number of hydrogen-bond donors (Lipinski definition) is 1. The van der Waals surface area contributed by atoms with Gasteiger partial charge in [-0.1, -0.05) is 107 Å². The highest BCUT2D eigenvalue weighted by atomic mass is 16.4. The van der Waals surface area contributed by atoms with E-state index in [1.165, 1.54) is 43.2 Å². The molecule has 1 N–H and O–H groups in total. The number of aryl methyl sites for hydroxylation is 2. The molecule has 1 unspecified atom stereocenters. The number of aliphatic carboxylic acids is 1. The van der Waals surface area contributed by atoms with Crippen LogP contribution in [0.5, 0.6) is 0 Å². The third-order valence-electron chi connectivity index (χ3n) is 7.15. The van der Waals surface area contributed by atoms with Gasteiger partial charge in [0.1, 0.15) is 5.41 Å². The predicted molar refractivity (Wildman–Crippen MR) is 144 cm³/mol. The van der Waals surface area contributed by atoms with E-state index in [2.05, 4.69) is 38.1 Å². The van der Waals surface area contributed by atoms with Gasteiger partial charge in [-0.15, -0.1) is 0 Å². The number of carboxylic acid groups (broad SMARTS) is 1. The fraction of sp³-hybridized carbons (Fsp3) is 0.438. The first-order valence-electron chi connectivity index (χ1n) is 13.3. The van der Waals surface area contributed by atoms with E-state index in [1.54, 1.807) is 6.08 Å². The van der Waals surface area contributed by atoms with Crippen LogP contribution >= 0.6 is 0 Å². The van der Waals surface area contributed by atoms with Gasteiger partial charge in [-0.2, -0.15) is 5.26 Å². The summed E-state index contributed by atoms with van der Waals surface area (Å²) in [5.74, 6) is -0.860. The fourth-order valence-electron chi connectivity index (χ4n) is 5.04. The lowest BCUT2D eigenvalue weighted by Gasteiger charge is -2.30. The van der Waals surface area contributed by atoms with Crippen LogP contribution < -0.4 is 0 Å². The number of nitrogens with zero attached hydrogens (tertiary/aromatic N) is 1. The van der Waals surface area contributed by atoms with Gasteiger partial charge in [-0.25, -0.2) is 0 Å². The van der Waals surface area contributed by atoms with Gasteiger partial charge in [0.05, 0.1) is 11.6 Å². The third-order valence-corrected chi connectivity index (χ3v) is 7.15. The SMILES string of the molecule is CCCCCCCc1ccc(C2(C(=O)O)C=CC=CC2)c(-c2ccc(CCCCC)cc2C#N)c1. The van der Waals surface area contributed by atoms with E-state index in [0.29, 0.717) is 12.0 Å². The summed E-state index contributed by atoms with van der Waals surface area (Å²) in [4.78, 5) is 12.6. The number of rotatable bonds is 13. The van der Waals surface area contributed by atoms with Crippen LogP contribution in [0.2, 0.25) is 0 Å². The Bertz CT molecular complexity index is 1110. The number of hydrogen-bond acceptors (Lipinski definition) is 2. The van der Waals surface area contributed by atoms with Crippen LogP contribution in [-0.4, -0.2) is 11.1 Å². The number of unbranched alkanes of at least 4 members (excludes halogenated alkanes) is 6. The van der Waals surface area contributed by atoms with E-state index >= 15 is 0 Å². The number of carboxylic acids is 1. The van der Waals surface area contributed by atoms with Crippen LogP contribution in [0.4, 0.5) is 0 Å². The molecule has 0 radical (unpaired) electrons. The first-order chi connectivity index (χ1) is 17.1. The Balaban J connectivity index is 2.05. The molecule has 184 valence electrons. The number of carbonyl (C=O) groups is 1. The first-order valence-corrected chi connectivity index (χ1v) is 13.3. The Morgan fingerprint density at radius 2 is 1.54 bits per heavy atom. The summed E-state index contributed by atoms with van der Waals surface area (Å²) in [6.45, 7) is 4.41. The van der Waals surface area contributed by atoms with Crippen LogP contribution in [0, 0.1) is 11.3 Å². The van der Waals surface area contributed by atoms with Gasteiger partial charge in [0.25, 0.3) is 0 Å². The molecule has 3 heteroatoms. The lowest BCUT2D eigenvalue weighted by Crippen LogP contribution is -2.34. The van der Waals surface area contributed by atoms with Crippen molar-refractivity contribution in [2.24, 2.45) is 0 Å². The van der Waals surface area contributed by atoms with Crippen molar-refractivity contribution in [3.8, 4) is 17.2 Å². The molecule has 3 nitrogen and oxygen atoms in total. The van der Waals surface area contributed by atoms with Crippen molar-refractivity contribution >= 4 is 5.97 Å². The topological polar surface area (TPSA) is 61.1 Å². The Labute approximate surface area is 211 Å². The van der Waals surface area contributed by atoms with Gasteiger partial charge in [0, 0.05) is 0 Å². The summed E-state index contributed by atoms with van der Waals surface area (Å²) in [5, 5.41) is 20.4. The van der Waals surface area contributed by atoms with Crippen molar-refractivity contribution < 1.29 is 9.90 Å². The molecule has 0 spiro atoms. The number of allylic oxidation sites excluding steroid dienone is 3. The van der Waals surface area contributed by atoms with Crippen molar-refractivity contribution in [1.29, 1.82) is 5.26 Å². The van der Waals surface area contributed by atoms with Crippen LogP contribution in [0.15, 0.2) is 60.7 Å². The smallest absolute Gasteiger partial charge is 0.318 e. The van der Waals surface area contributed by atoms with E-state index in [-0.39, 0.29) is 0 Å². The van der Waals surface area contributed by atoms with Gasteiger partial charge in [0.15, 0.2) is 0 Å². The molecule has 1 aliphatic rings. The molecule has 0 aromatic heterocycles. The van der Waals surface area contributed by atoms with Crippen molar-refractivity contribution in [1.82, 2.24) is 0 Å². The Morgan fingerprint density at radius 3 is 2.20 bits per heavy atom. The molecule has 1 aliphatic carbocycles. The zero-order chi connectivity index (χ0) is 25.1. The molecule has 1 atom stereocenters.